The number of benzene rings is 2. The average molecular weight is 434 g/mol. The topological polar surface area (TPSA) is 107 Å². The summed E-state index contributed by atoms with van der Waals surface area (Å²) in [5, 5.41) is 7.96. The molecule has 6 nitrogen and oxygen atoms in total. The van der Waals surface area contributed by atoms with Crippen LogP contribution in [0, 0.1) is 5.41 Å². The smallest absolute Gasteiger partial charge is 0.261 e. The number of nitrogens with one attached hydrogen (secondary N) is 1. The average Bonchev–Trinajstić information content (AvgIpc) is 2.64. The molecule has 0 aromatic heterocycles. The first-order valence-electron chi connectivity index (χ1n) is 9.95. The second kappa shape index (κ2) is 10.6. The summed E-state index contributed by atoms with van der Waals surface area (Å²) in [7, 11) is -3.67. The molecule has 0 aliphatic heterocycles. The third kappa shape index (κ3) is 8.97. The molecule has 0 amide bonds. The molecule has 0 radical (unpaired) electrons. The van der Waals surface area contributed by atoms with Crippen LogP contribution in [0.3, 0.4) is 0 Å². The van der Waals surface area contributed by atoms with Crippen molar-refractivity contribution in [3.63, 3.8) is 0 Å². The van der Waals surface area contributed by atoms with Crippen molar-refractivity contribution in [3.8, 4) is 0 Å². The highest BCUT2D eigenvalue weighted by atomic mass is 32.2. The minimum absolute atomic E-state index is 0.0659. The lowest BCUT2D eigenvalue weighted by atomic mass is 9.87. The normalized spacial score (nSPS) is 12.5. The molecule has 4 N–H and O–H groups in total. The first-order chi connectivity index (χ1) is 13.7. The number of guanidine groups is 1. The van der Waals surface area contributed by atoms with Crippen molar-refractivity contribution in [1.82, 2.24) is 0 Å². The van der Waals surface area contributed by atoms with Gasteiger partial charge in [-0.15, -0.1) is 0 Å². The number of hydrogen-bond donors (Lipinski definition) is 3. The third-order valence-corrected chi connectivity index (χ3v) is 4.84. The molecule has 0 saturated heterocycles. The Morgan fingerprint density at radius 2 is 1.57 bits per heavy atom. The highest BCUT2D eigenvalue weighted by Crippen LogP contribution is 2.25. The lowest BCUT2D eigenvalue weighted by Crippen LogP contribution is -2.35. The Morgan fingerprint density at radius 3 is 1.93 bits per heavy atom. The van der Waals surface area contributed by atoms with Crippen LogP contribution in [0.15, 0.2) is 48.5 Å². The maximum Gasteiger partial charge on any atom is 0.261 e. The quantitative estimate of drug-likeness (QED) is 0.353. The summed E-state index contributed by atoms with van der Waals surface area (Å²) in [6.45, 7) is 11.7. The van der Waals surface area contributed by atoms with Crippen LogP contribution in [0.4, 0.5) is 5.69 Å². The molecule has 0 fully saturated rings. The van der Waals surface area contributed by atoms with Crippen molar-refractivity contribution in [1.29, 1.82) is 5.41 Å². The molecule has 0 heterocycles. The largest absolute Gasteiger partial charge is 0.370 e. The van der Waals surface area contributed by atoms with Gasteiger partial charge in [-0.1, -0.05) is 71.0 Å². The van der Waals surface area contributed by atoms with E-state index in [4.69, 9.17) is 15.7 Å². The predicted octanol–water partition coefficient (Wildman–Crippen LogP) is 4.90. The molecular formula is C23H35N3O3S. The van der Waals surface area contributed by atoms with E-state index in [0.29, 0.717) is 18.7 Å². The molecule has 7 heteroatoms. The standard InChI is InChI=1S/C22H31N3.CH4O3S/c1-6-16(2)18-9-13-20(14-10-18)25(21(23)24)15-17-7-11-19(12-8-17)22(3,4)5;1-5(2,3)4/h7-14,16H,6,15H2,1-5H3,(H3,23,24);1H3,(H,2,3,4). The monoisotopic (exact) mass is 433 g/mol. The van der Waals surface area contributed by atoms with E-state index in [1.807, 2.05) is 4.90 Å². The van der Waals surface area contributed by atoms with E-state index in [0.717, 1.165) is 17.7 Å². The number of rotatable bonds is 5. The van der Waals surface area contributed by atoms with Crippen LogP contribution in [0.1, 0.15) is 63.6 Å². The molecule has 0 saturated carbocycles. The van der Waals surface area contributed by atoms with Crippen LogP contribution < -0.4 is 10.6 Å². The van der Waals surface area contributed by atoms with Gasteiger partial charge in [0.15, 0.2) is 5.96 Å². The fourth-order valence-electron chi connectivity index (χ4n) is 2.83. The third-order valence-electron chi connectivity index (χ3n) is 4.84. The van der Waals surface area contributed by atoms with Crippen molar-refractivity contribution in [2.45, 2.75) is 58.9 Å². The lowest BCUT2D eigenvalue weighted by Gasteiger charge is -2.24. The molecule has 2 aromatic carbocycles. The van der Waals surface area contributed by atoms with Gasteiger partial charge in [-0.25, -0.2) is 0 Å². The second-order valence-electron chi connectivity index (χ2n) is 8.55. The predicted molar refractivity (Wildman–Crippen MR) is 126 cm³/mol. The summed E-state index contributed by atoms with van der Waals surface area (Å²) in [6, 6.07) is 17.0. The zero-order chi connectivity index (χ0) is 23.1. The molecule has 0 aliphatic carbocycles. The van der Waals surface area contributed by atoms with Crippen LogP contribution in [0.2, 0.25) is 0 Å². The van der Waals surface area contributed by atoms with Gasteiger partial charge in [-0.05, 0) is 46.6 Å². The summed E-state index contributed by atoms with van der Waals surface area (Å²) in [6.07, 6.45) is 1.84. The molecule has 166 valence electrons. The van der Waals surface area contributed by atoms with Gasteiger partial charge in [0, 0.05) is 5.69 Å². The lowest BCUT2D eigenvalue weighted by molar-refractivity contribution is 0.490. The molecule has 0 bridgehead atoms. The van der Waals surface area contributed by atoms with Gasteiger partial charge in [0.2, 0.25) is 0 Å². The van der Waals surface area contributed by atoms with Crippen molar-refractivity contribution >= 4 is 21.8 Å². The number of nitrogens with two attached hydrogens (primary N) is 1. The Kier molecular flexibility index (Phi) is 9.06. The number of hydrogen-bond acceptors (Lipinski definition) is 3. The van der Waals surface area contributed by atoms with E-state index in [1.165, 1.54) is 11.1 Å². The fourth-order valence-corrected chi connectivity index (χ4v) is 2.83. The SMILES string of the molecule is CCC(C)c1ccc(N(Cc2ccc(C(C)(C)C)cc2)C(=N)N)cc1.CS(=O)(=O)O. The summed E-state index contributed by atoms with van der Waals surface area (Å²) in [4.78, 5) is 1.84. The van der Waals surface area contributed by atoms with E-state index in [1.54, 1.807) is 0 Å². The molecule has 1 atom stereocenters. The Labute approximate surface area is 181 Å². The number of anilines is 1. The Balaban J connectivity index is 0.000000804. The van der Waals surface area contributed by atoms with Gasteiger partial charge in [-0.3, -0.25) is 9.96 Å². The van der Waals surface area contributed by atoms with E-state index < -0.39 is 10.1 Å². The maximum absolute atomic E-state index is 9.19. The Morgan fingerprint density at radius 1 is 1.10 bits per heavy atom. The van der Waals surface area contributed by atoms with Crippen molar-refractivity contribution < 1.29 is 13.0 Å². The van der Waals surface area contributed by atoms with Crippen LogP contribution in [-0.2, 0) is 22.1 Å². The summed E-state index contributed by atoms with van der Waals surface area (Å²) in [5.41, 5.74) is 10.7. The van der Waals surface area contributed by atoms with Gasteiger partial charge in [0.25, 0.3) is 10.1 Å². The van der Waals surface area contributed by atoms with Crippen molar-refractivity contribution in [3.05, 3.63) is 65.2 Å². The summed E-state index contributed by atoms with van der Waals surface area (Å²) >= 11 is 0. The molecule has 0 aliphatic rings. The highest BCUT2D eigenvalue weighted by Gasteiger charge is 2.15. The first-order valence-corrected chi connectivity index (χ1v) is 11.8. The van der Waals surface area contributed by atoms with Gasteiger partial charge in [-0.2, -0.15) is 8.42 Å². The van der Waals surface area contributed by atoms with Gasteiger partial charge in [0.1, 0.15) is 0 Å². The zero-order valence-corrected chi connectivity index (χ0v) is 19.6. The van der Waals surface area contributed by atoms with Gasteiger partial charge < -0.3 is 10.6 Å². The van der Waals surface area contributed by atoms with Crippen molar-refractivity contribution in [2.24, 2.45) is 5.73 Å². The van der Waals surface area contributed by atoms with Gasteiger partial charge in [0.05, 0.1) is 12.8 Å². The van der Waals surface area contributed by atoms with Crippen LogP contribution in [0.5, 0.6) is 0 Å². The minimum atomic E-state index is -3.67. The molecule has 1 unspecified atom stereocenters. The minimum Gasteiger partial charge on any atom is -0.370 e. The van der Waals surface area contributed by atoms with Crippen LogP contribution in [0.25, 0.3) is 0 Å². The molecule has 2 aromatic rings. The fraction of sp³-hybridized carbons (Fsp3) is 0.435. The number of nitrogens with zero attached hydrogens (tertiary/aromatic N) is 1. The van der Waals surface area contributed by atoms with Crippen LogP contribution in [-0.4, -0.2) is 25.2 Å². The molecule has 2 rings (SSSR count). The molecule has 0 spiro atoms. The Hall–Kier alpha value is -2.38. The highest BCUT2D eigenvalue weighted by molar-refractivity contribution is 7.85. The Bertz CT molecular complexity index is 908. The second-order valence-corrected chi connectivity index (χ2v) is 10.0. The first kappa shape index (κ1) is 25.7. The molecular weight excluding hydrogens is 398 g/mol. The van der Waals surface area contributed by atoms with Gasteiger partial charge >= 0.3 is 0 Å². The van der Waals surface area contributed by atoms with E-state index >= 15 is 0 Å². The van der Waals surface area contributed by atoms with E-state index in [-0.39, 0.29) is 11.4 Å². The maximum atomic E-state index is 9.19. The molecule has 30 heavy (non-hydrogen) atoms. The van der Waals surface area contributed by atoms with Crippen LogP contribution >= 0.6 is 0 Å². The summed E-state index contributed by atoms with van der Waals surface area (Å²) < 4.78 is 25.9. The van der Waals surface area contributed by atoms with E-state index in [9.17, 15) is 8.42 Å². The van der Waals surface area contributed by atoms with Crippen molar-refractivity contribution in [2.75, 3.05) is 11.2 Å². The summed E-state index contributed by atoms with van der Waals surface area (Å²) in [5.74, 6) is 0.612. The van der Waals surface area contributed by atoms with E-state index in [2.05, 4.69) is 83.1 Å². The zero-order valence-electron chi connectivity index (χ0n) is 18.8.